The number of nitrogens with one attached hydrogen (secondary N) is 3. The second kappa shape index (κ2) is 12.7. The van der Waals surface area contributed by atoms with E-state index in [1.165, 1.54) is 6.92 Å². The van der Waals surface area contributed by atoms with Gasteiger partial charge >= 0.3 is 5.97 Å². The zero-order chi connectivity index (χ0) is 22.9. The minimum Gasteiger partial charge on any atom is -0.480 e. The minimum atomic E-state index is -1.32. The molecule has 0 aromatic carbocycles. The predicted octanol–water partition coefficient (Wildman–Crippen LogP) is -1.13. The van der Waals surface area contributed by atoms with Crippen LogP contribution in [0.25, 0.3) is 0 Å². The molecule has 0 aliphatic heterocycles. The van der Waals surface area contributed by atoms with Crippen LogP contribution in [0.5, 0.6) is 0 Å². The first-order valence-corrected chi connectivity index (χ1v) is 10.1. The predicted molar refractivity (Wildman–Crippen MR) is 111 cm³/mol. The molecular formula is C18H34N4O6S. The Bertz CT molecular complexity index is 585. The van der Waals surface area contributed by atoms with Gasteiger partial charge in [0, 0.05) is 5.75 Å². The van der Waals surface area contributed by atoms with Gasteiger partial charge in [0.05, 0.1) is 12.1 Å². The van der Waals surface area contributed by atoms with Crippen LogP contribution >= 0.6 is 12.6 Å². The summed E-state index contributed by atoms with van der Waals surface area (Å²) >= 11 is 3.90. The average molecular weight is 435 g/mol. The van der Waals surface area contributed by atoms with Gasteiger partial charge in [-0.3, -0.25) is 14.4 Å². The quantitative estimate of drug-likeness (QED) is 0.190. The molecule has 0 aliphatic carbocycles. The summed E-state index contributed by atoms with van der Waals surface area (Å²) in [6.07, 6.45) is -1.02. The smallest absolute Gasteiger partial charge is 0.327 e. The molecule has 0 radical (unpaired) electrons. The van der Waals surface area contributed by atoms with E-state index in [4.69, 9.17) is 10.8 Å². The van der Waals surface area contributed by atoms with Gasteiger partial charge in [0.15, 0.2) is 0 Å². The number of nitrogens with two attached hydrogens (primary N) is 1. The Labute approximate surface area is 176 Å². The highest BCUT2D eigenvalue weighted by atomic mass is 32.1. The van der Waals surface area contributed by atoms with Gasteiger partial charge in [0.2, 0.25) is 17.7 Å². The Morgan fingerprint density at radius 3 is 1.79 bits per heavy atom. The Balaban J connectivity index is 5.36. The van der Waals surface area contributed by atoms with Crippen molar-refractivity contribution in [3.05, 3.63) is 0 Å². The van der Waals surface area contributed by atoms with Gasteiger partial charge < -0.3 is 31.9 Å². The third-order valence-corrected chi connectivity index (χ3v) is 4.59. The van der Waals surface area contributed by atoms with E-state index >= 15 is 0 Å². The van der Waals surface area contributed by atoms with Crippen LogP contribution in [0.4, 0.5) is 0 Å². The zero-order valence-corrected chi connectivity index (χ0v) is 18.4. The highest BCUT2D eigenvalue weighted by Gasteiger charge is 2.32. The fraction of sp³-hybridized carbons (Fsp3) is 0.778. The summed E-state index contributed by atoms with van der Waals surface area (Å²) in [5.74, 6) is -3.62. The molecule has 168 valence electrons. The Morgan fingerprint density at radius 2 is 1.41 bits per heavy atom. The molecule has 0 aliphatic rings. The van der Waals surface area contributed by atoms with E-state index in [1.807, 2.05) is 13.8 Å². The van der Waals surface area contributed by atoms with Crippen molar-refractivity contribution in [2.75, 3.05) is 5.75 Å². The number of aliphatic hydroxyl groups excluding tert-OH is 1. The molecule has 0 saturated heterocycles. The molecule has 0 aromatic heterocycles. The standard InChI is InChI=1S/C18H34N4O6S/c1-8(2)6-11(15(24)21-12(7-29)18(27)28)20-17(26)14(10(5)23)22-16(25)13(19)9(3)4/h8-14,23,29H,6-7,19H2,1-5H3,(H,20,26)(H,21,24)(H,22,25)(H,27,28). The van der Waals surface area contributed by atoms with Crippen LogP contribution < -0.4 is 21.7 Å². The van der Waals surface area contributed by atoms with Crippen molar-refractivity contribution in [1.82, 2.24) is 16.0 Å². The highest BCUT2D eigenvalue weighted by Crippen LogP contribution is 2.08. The topological polar surface area (TPSA) is 171 Å². The number of hydrogen-bond acceptors (Lipinski definition) is 7. The van der Waals surface area contributed by atoms with E-state index in [0.29, 0.717) is 0 Å². The average Bonchev–Trinajstić information content (AvgIpc) is 2.61. The second-order valence-electron chi connectivity index (χ2n) is 7.77. The molecule has 0 spiro atoms. The molecule has 0 aromatic rings. The van der Waals surface area contributed by atoms with Crippen LogP contribution in [0.3, 0.4) is 0 Å². The fourth-order valence-electron chi connectivity index (χ4n) is 2.38. The normalized spacial score (nSPS) is 16.5. The number of aliphatic carboxylic acids is 1. The molecule has 0 saturated carbocycles. The molecule has 0 fully saturated rings. The molecule has 0 heterocycles. The number of hydrogen-bond donors (Lipinski definition) is 7. The number of aliphatic hydroxyl groups is 1. The summed E-state index contributed by atoms with van der Waals surface area (Å²) in [6, 6.07) is -4.46. The number of carboxylic acid groups (broad SMARTS) is 1. The van der Waals surface area contributed by atoms with Crippen molar-refractivity contribution in [3.63, 3.8) is 0 Å². The van der Waals surface area contributed by atoms with Gasteiger partial charge in [0.1, 0.15) is 18.1 Å². The zero-order valence-electron chi connectivity index (χ0n) is 17.5. The summed E-state index contributed by atoms with van der Waals surface area (Å²) < 4.78 is 0. The van der Waals surface area contributed by atoms with Crippen LogP contribution in [0.15, 0.2) is 0 Å². The van der Waals surface area contributed by atoms with Crippen molar-refractivity contribution >= 4 is 36.3 Å². The lowest BCUT2D eigenvalue weighted by molar-refractivity contribution is -0.141. The summed E-state index contributed by atoms with van der Waals surface area (Å²) in [4.78, 5) is 48.5. The van der Waals surface area contributed by atoms with E-state index in [2.05, 4.69) is 28.6 Å². The molecular weight excluding hydrogens is 400 g/mol. The van der Waals surface area contributed by atoms with Crippen molar-refractivity contribution in [2.24, 2.45) is 17.6 Å². The van der Waals surface area contributed by atoms with Crippen molar-refractivity contribution in [2.45, 2.75) is 71.3 Å². The first-order valence-electron chi connectivity index (χ1n) is 9.50. The number of carbonyl (C=O) groups excluding carboxylic acids is 3. The maximum atomic E-state index is 12.7. The van der Waals surface area contributed by atoms with Crippen LogP contribution in [0.2, 0.25) is 0 Å². The molecule has 0 bridgehead atoms. The first kappa shape index (κ1) is 27.1. The van der Waals surface area contributed by atoms with E-state index in [9.17, 15) is 24.3 Å². The number of carbonyl (C=O) groups is 4. The monoisotopic (exact) mass is 434 g/mol. The molecule has 5 unspecified atom stereocenters. The van der Waals surface area contributed by atoms with Crippen molar-refractivity contribution < 1.29 is 29.4 Å². The Kier molecular flexibility index (Phi) is 11.8. The Morgan fingerprint density at radius 1 is 0.897 bits per heavy atom. The van der Waals surface area contributed by atoms with Gasteiger partial charge in [-0.15, -0.1) is 0 Å². The summed E-state index contributed by atoms with van der Waals surface area (Å²) in [7, 11) is 0. The summed E-state index contributed by atoms with van der Waals surface area (Å²) in [5.41, 5.74) is 5.77. The maximum absolute atomic E-state index is 12.7. The van der Waals surface area contributed by atoms with Gasteiger partial charge in [0.25, 0.3) is 0 Å². The SMILES string of the molecule is CC(C)CC(NC(=O)C(NC(=O)C(N)C(C)C)C(C)O)C(=O)NC(CS)C(=O)O. The van der Waals surface area contributed by atoms with Crippen molar-refractivity contribution in [3.8, 4) is 0 Å². The largest absolute Gasteiger partial charge is 0.480 e. The number of thiol groups is 1. The minimum absolute atomic E-state index is 0.000663. The van der Waals surface area contributed by atoms with Crippen molar-refractivity contribution in [1.29, 1.82) is 0 Å². The molecule has 11 heteroatoms. The van der Waals surface area contributed by atoms with Crippen LogP contribution in [-0.4, -0.2) is 69.9 Å². The van der Waals surface area contributed by atoms with Gasteiger partial charge in [-0.2, -0.15) is 12.6 Å². The van der Waals surface area contributed by atoms with E-state index in [0.717, 1.165) is 0 Å². The lowest BCUT2D eigenvalue weighted by atomic mass is 10.0. The first-order chi connectivity index (χ1) is 13.3. The number of amides is 3. The van der Waals surface area contributed by atoms with Gasteiger partial charge in [-0.05, 0) is 25.2 Å². The summed E-state index contributed by atoms with van der Waals surface area (Å²) in [6.45, 7) is 8.46. The lowest BCUT2D eigenvalue weighted by Gasteiger charge is -2.27. The van der Waals surface area contributed by atoms with Gasteiger partial charge in [-0.25, -0.2) is 4.79 Å². The lowest BCUT2D eigenvalue weighted by Crippen LogP contribution is -2.60. The van der Waals surface area contributed by atoms with Crippen LogP contribution in [0, 0.1) is 11.8 Å². The fourth-order valence-corrected chi connectivity index (χ4v) is 2.63. The third-order valence-electron chi connectivity index (χ3n) is 4.22. The number of rotatable bonds is 12. The molecule has 0 rings (SSSR count). The Hall–Kier alpha value is -1.85. The maximum Gasteiger partial charge on any atom is 0.327 e. The van der Waals surface area contributed by atoms with E-state index < -0.39 is 54.0 Å². The molecule has 10 nitrogen and oxygen atoms in total. The van der Waals surface area contributed by atoms with Crippen LogP contribution in [-0.2, 0) is 19.2 Å². The van der Waals surface area contributed by atoms with Crippen LogP contribution in [0.1, 0.15) is 41.0 Å². The third kappa shape index (κ3) is 9.46. The highest BCUT2D eigenvalue weighted by molar-refractivity contribution is 7.80. The molecule has 5 atom stereocenters. The molecule has 7 N–H and O–H groups in total. The van der Waals surface area contributed by atoms with E-state index in [-0.39, 0.29) is 24.0 Å². The van der Waals surface area contributed by atoms with E-state index in [1.54, 1.807) is 13.8 Å². The van der Waals surface area contributed by atoms with Gasteiger partial charge in [-0.1, -0.05) is 27.7 Å². The number of carboxylic acids is 1. The second-order valence-corrected chi connectivity index (χ2v) is 8.13. The molecule has 3 amide bonds. The molecule has 29 heavy (non-hydrogen) atoms. The summed E-state index contributed by atoms with van der Waals surface area (Å²) in [5, 5.41) is 26.2.